The number of carbonyl (C=O) groups excluding carboxylic acids is 2. The lowest BCUT2D eigenvalue weighted by Gasteiger charge is -2.07. The Morgan fingerprint density at radius 3 is 2.64 bits per heavy atom. The summed E-state index contributed by atoms with van der Waals surface area (Å²) in [7, 11) is 0. The van der Waals surface area contributed by atoms with Crippen LogP contribution in [0.25, 0.3) is 0 Å². The summed E-state index contributed by atoms with van der Waals surface area (Å²) in [5.74, 6) is -1.63. The third-order valence-electron chi connectivity index (χ3n) is 2.91. The van der Waals surface area contributed by atoms with E-state index in [0.29, 0.717) is 17.9 Å². The largest absolute Gasteiger partial charge is 0.481 e. The van der Waals surface area contributed by atoms with Gasteiger partial charge >= 0.3 is 11.9 Å². The molecule has 1 rings (SSSR count). The maximum Gasteiger partial charge on any atom is 0.338 e. The van der Waals surface area contributed by atoms with Crippen molar-refractivity contribution >= 4 is 23.5 Å². The van der Waals surface area contributed by atoms with Crippen LogP contribution in [0.15, 0.2) is 24.3 Å². The maximum absolute atomic E-state index is 11.8. The van der Waals surface area contributed by atoms with Gasteiger partial charge in [-0.05, 0) is 31.0 Å². The van der Waals surface area contributed by atoms with Crippen LogP contribution in [0.4, 0.5) is 5.69 Å². The molecule has 0 atom stereocenters. The highest BCUT2D eigenvalue weighted by Gasteiger charge is 2.09. The summed E-state index contributed by atoms with van der Waals surface area (Å²) in [5.41, 5.74) is 0.865. The number of benzene rings is 1. The summed E-state index contributed by atoms with van der Waals surface area (Å²) in [6, 6.07) is 6.49. The second-order valence-corrected chi connectivity index (χ2v) is 4.87. The molecule has 0 heterocycles. The molecule has 6 heteroatoms. The molecule has 0 aliphatic carbocycles. The van der Waals surface area contributed by atoms with Crippen molar-refractivity contribution in [3.05, 3.63) is 29.8 Å². The van der Waals surface area contributed by atoms with Gasteiger partial charge in [-0.1, -0.05) is 19.4 Å². The second kappa shape index (κ2) is 9.55. The minimum absolute atomic E-state index is 0.0444. The molecule has 0 bridgehead atoms. The minimum atomic E-state index is -0.926. The lowest BCUT2D eigenvalue weighted by Crippen LogP contribution is -2.13. The molecule has 1 amide bonds. The Kier molecular flexibility index (Phi) is 7.67. The zero-order valence-corrected chi connectivity index (χ0v) is 12.6. The van der Waals surface area contributed by atoms with Crippen LogP contribution in [0, 0.1) is 0 Å². The quantitative estimate of drug-likeness (QED) is 0.540. The number of carboxylic acid groups (broad SMARTS) is 1. The van der Waals surface area contributed by atoms with Crippen LogP contribution in [-0.2, 0) is 14.3 Å². The first-order valence-electron chi connectivity index (χ1n) is 7.31. The van der Waals surface area contributed by atoms with E-state index in [0.717, 1.165) is 12.8 Å². The third kappa shape index (κ3) is 6.88. The van der Waals surface area contributed by atoms with E-state index in [1.807, 2.05) is 6.92 Å². The number of amides is 1. The summed E-state index contributed by atoms with van der Waals surface area (Å²) < 4.78 is 5.10. The number of anilines is 1. The van der Waals surface area contributed by atoms with Crippen LogP contribution >= 0.6 is 0 Å². The number of unbranched alkanes of at least 4 members (excludes halogenated alkanes) is 1. The minimum Gasteiger partial charge on any atom is -0.481 e. The SMILES string of the molecule is CCCCOC(=O)c1cccc(NC(=O)CCCC(=O)O)c1. The molecule has 1 aromatic rings. The number of nitrogens with one attached hydrogen (secondary N) is 1. The predicted molar refractivity (Wildman–Crippen MR) is 81.7 cm³/mol. The molecule has 0 saturated heterocycles. The molecule has 0 aromatic heterocycles. The Labute approximate surface area is 129 Å². The first-order chi connectivity index (χ1) is 10.5. The van der Waals surface area contributed by atoms with Crippen molar-refractivity contribution in [2.45, 2.75) is 39.0 Å². The highest BCUT2D eigenvalue weighted by atomic mass is 16.5. The highest BCUT2D eigenvalue weighted by molar-refractivity contribution is 5.94. The lowest BCUT2D eigenvalue weighted by molar-refractivity contribution is -0.137. The van der Waals surface area contributed by atoms with Crippen molar-refractivity contribution in [1.29, 1.82) is 0 Å². The number of hydrogen-bond donors (Lipinski definition) is 2. The molecule has 0 radical (unpaired) electrons. The fourth-order valence-electron chi connectivity index (χ4n) is 1.74. The van der Waals surface area contributed by atoms with E-state index in [-0.39, 0.29) is 25.2 Å². The molecule has 6 nitrogen and oxygen atoms in total. The van der Waals surface area contributed by atoms with Gasteiger partial charge in [0, 0.05) is 18.5 Å². The van der Waals surface area contributed by atoms with Gasteiger partial charge in [0.05, 0.1) is 12.2 Å². The molecule has 1 aromatic carbocycles. The summed E-state index contributed by atoms with van der Waals surface area (Å²) in [6.45, 7) is 2.38. The van der Waals surface area contributed by atoms with E-state index >= 15 is 0 Å². The molecule has 0 aliphatic heterocycles. The lowest BCUT2D eigenvalue weighted by atomic mass is 10.2. The molecule has 2 N–H and O–H groups in total. The number of carbonyl (C=O) groups is 3. The van der Waals surface area contributed by atoms with E-state index in [4.69, 9.17) is 9.84 Å². The first kappa shape index (κ1) is 17.7. The molecule has 22 heavy (non-hydrogen) atoms. The molecule has 120 valence electrons. The van der Waals surface area contributed by atoms with Gasteiger partial charge in [-0.25, -0.2) is 4.79 Å². The van der Waals surface area contributed by atoms with Gasteiger partial charge in [-0.15, -0.1) is 0 Å². The van der Waals surface area contributed by atoms with E-state index in [2.05, 4.69) is 5.32 Å². The average Bonchev–Trinajstić information content (AvgIpc) is 2.47. The smallest absolute Gasteiger partial charge is 0.338 e. The molecule has 0 fully saturated rings. The normalized spacial score (nSPS) is 10.0. The highest BCUT2D eigenvalue weighted by Crippen LogP contribution is 2.13. The summed E-state index contributed by atoms with van der Waals surface area (Å²) >= 11 is 0. The molecule has 0 unspecified atom stereocenters. The van der Waals surface area contributed by atoms with E-state index in [9.17, 15) is 14.4 Å². The van der Waals surface area contributed by atoms with Crippen molar-refractivity contribution < 1.29 is 24.2 Å². The van der Waals surface area contributed by atoms with Gasteiger partial charge in [-0.3, -0.25) is 9.59 Å². The van der Waals surface area contributed by atoms with Crippen LogP contribution in [-0.4, -0.2) is 29.6 Å². The van der Waals surface area contributed by atoms with Gasteiger partial charge in [0.2, 0.25) is 5.91 Å². The Balaban J connectivity index is 2.51. The van der Waals surface area contributed by atoms with Crippen LogP contribution < -0.4 is 5.32 Å². The number of esters is 1. The number of carboxylic acids is 1. The number of aliphatic carboxylic acids is 1. The monoisotopic (exact) mass is 307 g/mol. The zero-order valence-electron chi connectivity index (χ0n) is 12.6. The molecule has 0 spiro atoms. The van der Waals surface area contributed by atoms with E-state index in [1.54, 1.807) is 24.3 Å². The number of rotatable bonds is 9. The Morgan fingerprint density at radius 1 is 1.18 bits per heavy atom. The Bertz CT molecular complexity index is 527. The van der Waals surface area contributed by atoms with Crippen molar-refractivity contribution in [2.24, 2.45) is 0 Å². The number of ether oxygens (including phenoxy) is 1. The third-order valence-corrected chi connectivity index (χ3v) is 2.91. The fraction of sp³-hybridized carbons (Fsp3) is 0.438. The van der Waals surface area contributed by atoms with Crippen LogP contribution in [0.5, 0.6) is 0 Å². The van der Waals surface area contributed by atoms with Crippen LogP contribution in [0.3, 0.4) is 0 Å². The van der Waals surface area contributed by atoms with Gasteiger partial charge in [0.25, 0.3) is 0 Å². The first-order valence-corrected chi connectivity index (χ1v) is 7.31. The van der Waals surface area contributed by atoms with Crippen LogP contribution in [0.2, 0.25) is 0 Å². The van der Waals surface area contributed by atoms with Crippen molar-refractivity contribution in [2.75, 3.05) is 11.9 Å². The summed E-state index contributed by atoms with van der Waals surface area (Å²) in [4.78, 5) is 33.9. The average molecular weight is 307 g/mol. The van der Waals surface area contributed by atoms with Crippen molar-refractivity contribution in [3.63, 3.8) is 0 Å². The second-order valence-electron chi connectivity index (χ2n) is 4.87. The van der Waals surface area contributed by atoms with Gasteiger partial charge in [0.15, 0.2) is 0 Å². The van der Waals surface area contributed by atoms with E-state index < -0.39 is 11.9 Å². The van der Waals surface area contributed by atoms with E-state index in [1.165, 1.54) is 0 Å². The summed E-state index contributed by atoms with van der Waals surface area (Å²) in [5, 5.41) is 11.2. The maximum atomic E-state index is 11.8. The van der Waals surface area contributed by atoms with Crippen molar-refractivity contribution in [1.82, 2.24) is 0 Å². The summed E-state index contributed by atoms with van der Waals surface area (Å²) in [6.07, 6.45) is 2.11. The molecule has 0 saturated carbocycles. The van der Waals surface area contributed by atoms with Gasteiger partial charge < -0.3 is 15.2 Å². The van der Waals surface area contributed by atoms with Gasteiger partial charge in [-0.2, -0.15) is 0 Å². The molecule has 0 aliphatic rings. The zero-order chi connectivity index (χ0) is 16.4. The van der Waals surface area contributed by atoms with Crippen LogP contribution in [0.1, 0.15) is 49.4 Å². The molecular weight excluding hydrogens is 286 g/mol. The van der Waals surface area contributed by atoms with Crippen molar-refractivity contribution in [3.8, 4) is 0 Å². The van der Waals surface area contributed by atoms with Gasteiger partial charge in [0.1, 0.15) is 0 Å². The Morgan fingerprint density at radius 2 is 1.95 bits per heavy atom. The predicted octanol–water partition coefficient (Wildman–Crippen LogP) is 2.84. The standard InChI is InChI=1S/C16H21NO5/c1-2-3-10-22-16(21)12-6-4-7-13(11-12)17-14(18)8-5-9-15(19)20/h4,6-7,11H,2-3,5,8-10H2,1H3,(H,17,18)(H,19,20). The fourth-order valence-corrected chi connectivity index (χ4v) is 1.74. The Hall–Kier alpha value is -2.37. The molecular formula is C16H21NO5. The number of hydrogen-bond acceptors (Lipinski definition) is 4. The topological polar surface area (TPSA) is 92.7 Å².